The number of nitrogens with one attached hydrogen (secondary N) is 2. The standard InChI is InChI=1S/C12H11N5O/c1-17-9-5-3-2-4-8(9)14-11(17)12(18)15-10-6-7-13-16-10/h2-7H,1H3,(H2,13,15,16,18). The normalized spacial score (nSPS) is 10.7. The third-order valence-electron chi connectivity index (χ3n) is 2.74. The highest BCUT2D eigenvalue weighted by molar-refractivity contribution is 6.03. The van der Waals surface area contributed by atoms with Crippen LogP contribution in [0.25, 0.3) is 11.0 Å². The third kappa shape index (κ3) is 1.64. The summed E-state index contributed by atoms with van der Waals surface area (Å²) in [6.45, 7) is 0. The molecule has 0 fully saturated rings. The topological polar surface area (TPSA) is 75.6 Å². The zero-order valence-corrected chi connectivity index (χ0v) is 9.71. The summed E-state index contributed by atoms with van der Waals surface area (Å²) in [6, 6.07) is 9.30. The van der Waals surface area contributed by atoms with Gasteiger partial charge in [0.2, 0.25) is 0 Å². The summed E-state index contributed by atoms with van der Waals surface area (Å²) >= 11 is 0. The molecule has 18 heavy (non-hydrogen) atoms. The first-order valence-electron chi connectivity index (χ1n) is 5.48. The van der Waals surface area contributed by atoms with Crippen LogP contribution in [0.1, 0.15) is 10.6 Å². The van der Waals surface area contributed by atoms with Crippen molar-refractivity contribution >= 4 is 22.8 Å². The number of carbonyl (C=O) groups is 1. The van der Waals surface area contributed by atoms with E-state index in [1.165, 1.54) is 0 Å². The maximum atomic E-state index is 12.1. The summed E-state index contributed by atoms with van der Waals surface area (Å²) in [5.74, 6) is 0.649. The van der Waals surface area contributed by atoms with E-state index in [0.717, 1.165) is 11.0 Å². The van der Waals surface area contributed by atoms with Crippen LogP contribution in [-0.4, -0.2) is 25.7 Å². The second kappa shape index (κ2) is 3.99. The zero-order chi connectivity index (χ0) is 12.5. The molecule has 0 saturated carbocycles. The number of H-pyrrole nitrogens is 1. The molecule has 0 saturated heterocycles. The van der Waals surface area contributed by atoms with Gasteiger partial charge in [0.05, 0.1) is 17.2 Å². The molecule has 3 rings (SSSR count). The van der Waals surface area contributed by atoms with E-state index in [-0.39, 0.29) is 5.91 Å². The Balaban J connectivity index is 1.99. The minimum Gasteiger partial charge on any atom is -0.323 e. The van der Waals surface area contributed by atoms with E-state index in [4.69, 9.17) is 0 Å². The molecule has 2 aromatic heterocycles. The predicted molar refractivity (Wildman–Crippen MR) is 67.3 cm³/mol. The molecule has 1 aromatic carbocycles. The van der Waals surface area contributed by atoms with Gasteiger partial charge in [-0.1, -0.05) is 12.1 Å². The average Bonchev–Trinajstić information content (AvgIpc) is 2.98. The number of aromatic amines is 1. The number of benzene rings is 1. The summed E-state index contributed by atoms with van der Waals surface area (Å²) in [5.41, 5.74) is 1.72. The minimum absolute atomic E-state index is 0.266. The molecule has 90 valence electrons. The molecule has 2 heterocycles. The van der Waals surface area contributed by atoms with Crippen molar-refractivity contribution in [3.63, 3.8) is 0 Å². The largest absolute Gasteiger partial charge is 0.323 e. The van der Waals surface area contributed by atoms with E-state index < -0.39 is 0 Å². The van der Waals surface area contributed by atoms with E-state index in [9.17, 15) is 4.79 Å². The maximum absolute atomic E-state index is 12.1. The number of anilines is 1. The Morgan fingerprint density at radius 2 is 2.17 bits per heavy atom. The molecule has 0 spiro atoms. The van der Waals surface area contributed by atoms with Crippen LogP contribution >= 0.6 is 0 Å². The van der Waals surface area contributed by atoms with Crippen LogP contribution < -0.4 is 5.32 Å². The van der Waals surface area contributed by atoms with E-state index in [0.29, 0.717) is 11.6 Å². The van der Waals surface area contributed by atoms with Gasteiger partial charge in [-0.05, 0) is 12.1 Å². The Hall–Kier alpha value is -2.63. The molecule has 0 bridgehead atoms. The highest BCUT2D eigenvalue weighted by Crippen LogP contribution is 2.15. The van der Waals surface area contributed by atoms with E-state index in [1.807, 2.05) is 31.3 Å². The number of nitrogens with zero attached hydrogens (tertiary/aromatic N) is 3. The molecule has 6 nitrogen and oxygen atoms in total. The van der Waals surface area contributed by atoms with Crippen molar-refractivity contribution in [3.05, 3.63) is 42.4 Å². The van der Waals surface area contributed by atoms with Gasteiger partial charge < -0.3 is 9.88 Å². The lowest BCUT2D eigenvalue weighted by Gasteiger charge is -2.02. The van der Waals surface area contributed by atoms with Gasteiger partial charge in [0.1, 0.15) is 5.82 Å². The lowest BCUT2D eigenvalue weighted by Crippen LogP contribution is -2.17. The van der Waals surface area contributed by atoms with Crippen LogP contribution in [0.15, 0.2) is 36.5 Å². The number of carbonyl (C=O) groups excluding carboxylic acids is 1. The highest BCUT2D eigenvalue weighted by Gasteiger charge is 2.15. The Morgan fingerprint density at radius 1 is 1.33 bits per heavy atom. The number of fused-ring (bicyclic) bond motifs is 1. The second-order valence-electron chi connectivity index (χ2n) is 3.91. The molecule has 3 aromatic rings. The molecule has 2 N–H and O–H groups in total. The number of hydrogen-bond acceptors (Lipinski definition) is 3. The number of aryl methyl sites for hydroxylation is 1. The average molecular weight is 241 g/mol. The van der Waals surface area contributed by atoms with Gasteiger partial charge in [-0.2, -0.15) is 5.10 Å². The van der Waals surface area contributed by atoms with Crippen molar-refractivity contribution in [2.75, 3.05) is 5.32 Å². The predicted octanol–water partition coefficient (Wildman–Crippen LogP) is 1.55. The van der Waals surface area contributed by atoms with Gasteiger partial charge >= 0.3 is 0 Å². The molecule has 0 radical (unpaired) electrons. The van der Waals surface area contributed by atoms with Gasteiger partial charge in [0.25, 0.3) is 5.91 Å². The van der Waals surface area contributed by atoms with Gasteiger partial charge in [-0.3, -0.25) is 9.89 Å². The Labute approximate surface area is 103 Å². The van der Waals surface area contributed by atoms with Crippen molar-refractivity contribution in [2.24, 2.45) is 7.05 Å². The second-order valence-corrected chi connectivity index (χ2v) is 3.91. The molecule has 0 unspecified atom stereocenters. The Kier molecular flexibility index (Phi) is 2.33. The molecule has 1 amide bonds. The maximum Gasteiger partial charge on any atom is 0.292 e. The zero-order valence-electron chi connectivity index (χ0n) is 9.71. The molecular weight excluding hydrogens is 230 g/mol. The number of rotatable bonds is 2. The fraction of sp³-hybridized carbons (Fsp3) is 0.0833. The van der Waals surface area contributed by atoms with Gasteiger partial charge in [-0.25, -0.2) is 4.98 Å². The summed E-state index contributed by atoms with van der Waals surface area (Å²) in [7, 11) is 1.82. The summed E-state index contributed by atoms with van der Waals surface area (Å²) in [4.78, 5) is 16.4. The molecule has 6 heteroatoms. The third-order valence-corrected chi connectivity index (χ3v) is 2.74. The molecule has 0 aliphatic carbocycles. The van der Waals surface area contributed by atoms with Gasteiger partial charge in [0.15, 0.2) is 5.82 Å². The van der Waals surface area contributed by atoms with E-state index in [2.05, 4.69) is 20.5 Å². The lowest BCUT2D eigenvalue weighted by atomic mass is 10.3. The summed E-state index contributed by atoms with van der Waals surface area (Å²) in [6.07, 6.45) is 1.57. The van der Waals surface area contributed by atoms with Crippen LogP contribution in [0.5, 0.6) is 0 Å². The smallest absolute Gasteiger partial charge is 0.292 e. The first-order chi connectivity index (χ1) is 8.75. The lowest BCUT2D eigenvalue weighted by molar-refractivity contribution is 0.101. The first-order valence-corrected chi connectivity index (χ1v) is 5.48. The van der Waals surface area contributed by atoms with Crippen LogP contribution in [0.2, 0.25) is 0 Å². The SMILES string of the molecule is Cn1c(C(=O)Nc2ccn[nH]2)nc2ccccc21. The number of imidazole rings is 1. The van der Waals surface area contributed by atoms with Crippen LogP contribution in [0, 0.1) is 0 Å². The van der Waals surface area contributed by atoms with Crippen molar-refractivity contribution in [3.8, 4) is 0 Å². The summed E-state index contributed by atoms with van der Waals surface area (Å²) in [5, 5.41) is 9.14. The molecule has 0 aliphatic rings. The Bertz CT molecular complexity index is 698. The number of hydrogen-bond donors (Lipinski definition) is 2. The van der Waals surface area contributed by atoms with Crippen molar-refractivity contribution in [2.45, 2.75) is 0 Å². The van der Waals surface area contributed by atoms with Crippen LogP contribution in [0.3, 0.4) is 0 Å². The fourth-order valence-corrected chi connectivity index (χ4v) is 1.85. The van der Waals surface area contributed by atoms with Crippen LogP contribution in [-0.2, 0) is 7.05 Å². The Morgan fingerprint density at radius 3 is 2.89 bits per heavy atom. The number of amides is 1. The van der Waals surface area contributed by atoms with Crippen molar-refractivity contribution in [1.82, 2.24) is 19.7 Å². The number of para-hydroxylation sites is 2. The molecule has 0 aliphatic heterocycles. The summed E-state index contributed by atoms with van der Waals surface area (Å²) < 4.78 is 1.76. The molecule has 0 atom stereocenters. The molecular formula is C12H11N5O. The van der Waals surface area contributed by atoms with Gasteiger partial charge in [0, 0.05) is 13.1 Å². The monoisotopic (exact) mass is 241 g/mol. The quantitative estimate of drug-likeness (QED) is 0.714. The van der Waals surface area contributed by atoms with E-state index in [1.54, 1.807) is 16.8 Å². The van der Waals surface area contributed by atoms with E-state index >= 15 is 0 Å². The van der Waals surface area contributed by atoms with Crippen LogP contribution in [0.4, 0.5) is 5.82 Å². The fourth-order valence-electron chi connectivity index (χ4n) is 1.85. The number of aromatic nitrogens is 4. The van der Waals surface area contributed by atoms with Crippen molar-refractivity contribution < 1.29 is 4.79 Å². The minimum atomic E-state index is -0.266. The first kappa shape index (κ1) is 10.5. The van der Waals surface area contributed by atoms with Crippen molar-refractivity contribution in [1.29, 1.82) is 0 Å². The van der Waals surface area contributed by atoms with Gasteiger partial charge in [-0.15, -0.1) is 0 Å². The highest BCUT2D eigenvalue weighted by atomic mass is 16.2.